The molecule has 0 spiro atoms. The van der Waals surface area contributed by atoms with Gasteiger partial charge in [0.1, 0.15) is 0 Å². The highest BCUT2D eigenvalue weighted by Crippen LogP contribution is 2.26. The summed E-state index contributed by atoms with van der Waals surface area (Å²) in [6.45, 7) is 3.92. The van der Waals surface area contributed by atoms with E-state index in [0.717, 1.165) is 22.4 Å². The second kappa shape index (κ2) is 6.91. The van der Waals surface area contributed by atoms with Crippen molar-refractivity contribution in [1.82, 2.24) is 5.32 Å². The zero-order valence-electron chi connectivity index (χ0n) is 12.2. The van der Waals surface area contributed by atoms with Gasteiger partial charge < -0.3 is 20.5 Å². The van der Waals surface area contributed by atoms with Crippen LogP contribution >= 0.6 is 0 Å². The van der Waals surface area contributed by atoms with E-state index in [1.165, 1.54) is 7.11 Å². The molecule has 110 valence electrons. The fourth-order valence-corrected chi connectivity index (χ4v) is 2.12. The van der Waals surface area contributed by atoms with Gasteiger partial charge in [-0.25, -0.2) is 4.79 Å². The Morgan fingerprint density at radius 3 is 2.45 bits per heavy atom. The summed E-state index contributed by atoms with van der Waals surface area (Å²) in [5.41, 5.74) is 3.82. The number of hydrogen-bond acceptors (Lipinski definition) is 5. The summed E-state index contributed by atoms with van der Waals surface area (Å²) in [5.74, 6) is -1.31. The van der Waals surface area contributed by atoms with Gasteiger partial charge in [0.15, 0.2) is 0 Å². The van der Waals surface area contributed by atoms with Crippen LogP contribution in [0.3, 0.4) is 0 Å². The molecule has 0 radical (unpaired) electrons. The minimum absolute atomic E-state index is 0.129. The van der Waals surface area contributed by atoms with Crippen LogP contribution in [0.2, 0.25) is 0 Å². The van der Waals surface area contributed by atoms with E-state index in [4.69, 9.17) is 9.84 Å². The number of rotatable bonds is 6. The van der Waals surface area contributed by atoms with Crippen LogP contribution in [0.25, 0.3) is 0 Å². The van der Waals surface area contributed by atoms with Gasteiger partial charge in [0.25, 0.3) is 0 Å². The zero-order valence-corrected chi connectivity index (χ0v) is 12.2. The third-order valence-corrected chi connectivity index (χ3v) is 3.20. The number of hydrogen-bond donors (Lipinski definition) is 3. The van der Waals surface area contributed by atoms with Crippen molar-refractivity contribution in [3.05, 3.63) is 28.3 Å². The van der Waals surface area contributed by atoms with Gasteiger partial charge >= 0.3 is 11.9 Å². The average Bonchev–Trinajstić information content (AvgIpc) is 2.40. The van der Waals surface area contributed by atoms with Crippen molar-refractivity contribution in [1.29, 1.82) is 0 Å². The number of esters is 1. The van der Waals surface area contributed by atoms with Crippen LogP contribution in [0.1, 0.15) is 27.0 Å². The Labute approximate surface area is 118 Å². The molecule has 1 aromatic rings. The van der Waals surface area contributed by atoms with E-state index in [1.807, 2.05) is 19.9 Å². The van der Waals surface area contributed by atoms with E-state index in [-0.39, 0.29) is 6.54 Å². The van der Waals surface area contributed by atoms with Gasteiger partial charge in [-0.1, -0.05) is 0 Å². The van der Waals surface area contributed by atoms with Crippen LogP contribution in [0.15, 0.2) is 6.07 Å². The normalized spacial score (nSPS) is 10.2. The first-order valence-corrected chi connectivity index (χ1v) is 6.24. The Morgan fingerprint density at radius 2 is 1.95 bits per heavy atom. The lowest BCUT2D eigenvalue weighted by molar-refractivity contribution is -0.136. The predicted octanol–water partition coefficient (Wildman–Crippen LogP) is 1.31. The molecule has 0 saturated heterocycles. The molecule has 3 N–H and O–H groups in total. The molecular weight excluding hydrogens is 260 g/mol. The lowest BCUT2D eigenvalue weighted by atomic mass is 9.95. The number of ether oxygens (including phenoxy) is 1. The summed E-state index contributed by atoms with van der Waals surface area (Å²) in [7, 11) is 3.11. The summed E-state index contributed by atoms with van der Waals surface area (Å²) in [6, 6.07) is 1.91. The van der Waals surface area contributed by atoms with Crippen molar-refractivity contribution in [3.63, 3.8) is 0 Å². The van der Waals surface area contributed by atoms with Crippen molar-refractivity contribution in [3.8, 4) is 0 Å². The summed E-state index contributed by atoms with van der Waals surface area (Å²) in [5, 5.41) is 14.5. The van der Waals surface area contributed by atoms with Crippen molar-refractivity contribution >= 4 is 17.6 Å². The lowest BCUT2D eigenvalue weighted by Gasteiger charge is -2.17. The Bertz CT molecular complexity index is 526. The topological polar surface area (TPSA) is 87.7 Å². The van der Waals surface area contributed by atoms with E-state index >= 15 is 0 Å². The highest BCUT2D eigenvalue weighted by molar-refractivity contribution is 5.95. The molecule has 0 amide bonds. The summed E-state index contributed by atoms with van der Waals surface area (Å²) >= 11 is 0. The first kappa shape index (κ1) is 16.0. The molecule has 20 heavy (non-hydrogen) atoms. The largest absolute Gasteiger partial charge is 0.480 e. The third kappa shape index (κ3) is 3.48. The summed E-state index contributed by atoms with van der Waals surface area (Å²) in [4.78, 5) is 22.4. The minimum atomic E-state index is -0.920. The second-order valence-electron chi connectivity index (χ2n) is 4.45. The molecule has 0 aromatic heterocycles. The SMILES string of the molecule is CNc1cc(CNCC(=O)O)c(C)c(C(=O)OC)c1C. The van der Waals surface area contributed by atoms with Gasteiger partial charge in [0.2, 0.25) is 0 Å². The monoisotopic (exact) mass is 280 g/mol. The van der Waals surface area contributed by atoms with E-state index in [1.54, 1.807) is 7.05 Å². The molecule has 0 atom stereocenters. The van der Waals surface area contributed by atoms with Crippen LogP contribution < -0.4 is 10.6 Å². The molecule has 0 bridgehead atoms. The van der Waals surface area contributed by atoms with Gasteiger partial charge in [-0.15, -0.1) is 0 Å². The number of carboxylic acid groups (broad SMARTS) is 1. The molecule has 0 aliphatic heterocycles. The van der Waals surface area contributed by atoms with E-state index in [2.05, 4.69) is 10.6 Å². The fourth-order valence-electron chi connectivity index (χ4n) is 2.12. The van der Waals surface area contributed by atoms with Crippen LogP contribution in [-0.2, 0) is 16.1 Å². The van der Waals surface area contributed by atoms with E-state index in [9.17, 15) is 9.59 Å². The lowest BCUT2D eigenvalue weighted by Crippen LogP contribution is -2.23. The number of nitrogens with one attached hydrogen (secondary N) is 2. The number of anilines is 1. The van der Waals surface area contributed by atoms with E-state index in [0.29, 0.717) is 12.1 Å². The molecule has 1 rings (SSSR count). The third-order valence-electron chi connectivity index (χ3n) is 3.20. The van der Waals surface area contributed by atoms with Crippen LogP contribution in [-0.4, -0.2) is 37.7 Å². The molecule has 0 aliphatic rings. The molecule has 0 aliphatic carbocycles. The standard InChI is InChI=1S/C14H20N2O4/c1-8-10(6-16-7-12(17)18)5-11(15-3)9(2)13(8)14(19)20-4/h5,15-16H,6-7H2,1-4H3,(H,17,18). The van der Waals surface area contributed by atoms with Crippen LogP contribution in [0.5, 0.6) is 0 Å². The smallest absolute Gasteiger partial charge is 0.338 e. The molecule has 0 heterocycles. The van der Waals surface area contributed by atoms with Gasteiger partial charge in [0.05, 0.1) is 19.2 Å². The fraction of sp³-hybridized carbons (Fsp3) is 0.429. The highest BCUT2D eigenvalue weighted by Gasteiger charge is 2.18. The van der Waals surface area contributed by atoms with Crippen molar-refractivity contribution in [2.45, 2.75) is 20.4 Å². The molecule has 0 fully saturated rings. The number of methoxy groups -OCH3 is 1. The Balaban J connectivity index is 3.17. The average molecular weight is 280 g/mol. The number of aliphatic carboxylic acids is 1. The Morgan fingerprint density at radius 1 is 1.30 bits per heavy atom. The highest BCUT2D eigenvalue weighted by atomic mass is 16.5. The molecule has 1 aromatic carbocycles. The van der Waals surface area contributed by atoms with Crippen molar-refractivity contribution in [2.24, 2.45) is 0 Å². The van der Waals surface area contributed by atoms with Gasteiger partial charge in [0, 0.05) is 19.3 Å². The van der Waals surface area contributed by atoms with Crippen LogP contribution in [0, 0.1) is 13.8 Å². The molecule has 0 unspecified atom stereocenters. The predicted molar refractivity (Wildman–Crippen MR) is 76.1 cm³/mol. The van der Waals surface area contributed by atoms with Gasteiger partial charge in [-0.3, -0.25) is 4.79 Å². The zero-order chi connectivity index (χ0) is 15.3. The van der Waals surface area contributed by atoms with Crippen LogP contribution in [0.4, 0.5) is 5.69 Å². The van der Waals surface area contributed by atoms with Crippen molar-refractivity contribution in [2.75, 3.05) is 26.0 Å². The van der Waals surface area contributed by atoms with E-state index < -0.39 is 11.9 Å². The molecule has 6 nitrogen and oxygen atoms in total. The summed E-state index contributed by atoms with van der Waals surface area (Å²) < 4.78 is 4.81. The molecule has 6 heteroatoms. The Kier molecular flexibility index (Phi) is 5.52. The second-order valence-corrected chi connectivity index (χ2v) is 4.45. The maximum Gasteiger partial charge on any atom is 0.338 e. The number of carbonyl (C=O) groups excluding carboxylic acids is 1. The van der Waals surface area contributed by atoms with Gasteiger partial charge in [-0.05, 0) is 36.6 Å². The first-order chi connectivity index (χ1) is 9.42. The maximum atomic E-state index is 11.9. The number of carboxylic acids is 1. The summed E-state index contributed by atoms with van der Waals surface area (Å²) in [6.07, 6.45) is 0. The number of carbonyl (C=O) groups is 2. The first-order valence-electron chi connectivity index (χ1n) is 6.24. The molecular formula is C14H20N2O4. The van der Waals surface area contributed by atoms with Crippen molar-refractivity contribution < 1.29 is 19.4 Å². The quantitative estimate of drug-likeness (QED) is 0.681. The minimum Gasteiger partial charge on any atom is -0.480 e. The van der Waals surface area contributed by atoms with Gasteiger partial charge in [-0.2, -0.15) is 0 Å². The maximum absolute atomic E-state index is 11.9. The number of benzene rings is 1. The molecule has 0 saturated carbocycles. The Hall–Kier alpha value is -2.08.